The van der Waals surface area contributed by atoms with E-state index >= 15 is 0 Å². The van der Waals surface area contributed by atoms with Crippen molar-refractivity contribution in [3.63, 3.8) is 0 Å². The summed E-state index contributed by atoms with van der Waals surface area (Å²) in [5.41, 5.74) is 3.74. The highest BCUT2D eigenvalue weighted by Crippen LogP contribution is 2.09. The Hall–Kier alpha value is -4.15. The SMILES string of the molecule is CCCCCCNCC(=O)Nc1ccc(C#CC#Cc2ccc(C(=O)N[C@H](C(=O)NO)[C@@H](C)O)cc2)cc1. The van der Waals surface area contributed by atoms with E-state index in [0.717, 1.165) is 18.5 Å². The first kappa shape index (κ1) is 30.1. The summed E-state index contributed by atoms with van der Waals surface area (Å²) in [6.07, 6.45) is 3.44. The van der Waals surface area contributed by atoms with Crippen molar-refractivity contribution >= 4 is 23.4 Å². The summed E-state index contributed by atoms with van der Waals surface area (Å²) in [5.74, 6) is 9.75. The number of carbonyl (C=O) groups excluding carboxylic acids is 3. The number of amides is 3. The van der Waals surface area contributed by atoms with Crippen LogP contribution in [0.15, 0.2) is 48.5 Å². The van der Waals surface area contributed by atoms with Gasteiger partial charge in [0.05, 0.1) is 12.6 Å². The number of anilines is 1. The van der Waals surface area contributed by atoms with E-state index in [-0.39, 0.29) is 18.0 Å². The molecule has 9 nitrogen and oxygen atoms in total. The predicted octanol–water partition coefficient (Wildman–Crippen LogP) is 2.18. The fraction of sp³-hybridized carbons (Fsp3) is 0.345. The molecule has 0 saturated carbocycles. The first-order valence-corrected chi connectivity index (χ1v) is 12.5. The highest BCUT2D eigenvalue weighted by atomic mass is 16.5. The van der Waals surface area contributed by atoms with Crippen LogP contribution in [0.1, 0.15) is 61.0 Å². The van der Waals surface area contributed by atoms with Crippen LogP contribution >= 0.6 is 0 Å². The number of rotatable bonds is 12. The second-order valence-electron chi connectivity index (χ2n) is 8.61. The smallest absolute Gasteiger partial charge is 0.268 e. The lowest BCUT2D eigenvalue weighted by atomic mass is 10.1. The topological polar surface area (TPSA) is 140 Å². The molecule has 0 aliphatic rings. The largest absolute Gasteiger partial charge is 0.391 e. The van der Waals surface area contributed by atoms with Crippen molar-refractivity contribution in [3.8, 4) is 23.7 Å². The highest BCUT2D eigenvalue weighted by molar-refractivity contribution is 5.97. The van der Waals surface area contributed by atoms with Crippen LogP contribution in [0.4, 0.5) is 5.69 Å². The zero-order valence-corrected chi connectivity index (χ0v) is 21.6. The normalized spacial score (nSPS) is 11.6. The highest BCUT2D eigenvalue weighted by Gasteiger charge is 2.25. The first-order valence-electron chi connectivity index (χ1n) is 12.5. The van der Waals surface area contributed by atoms with E-state index in [1.165, 1.54) is 43.8 Å². The van der Waals surface area contributed by atoms with Crippen molar-refractivity contribution < 1.29 is 24.7 Å². The monoisotopic (exact) mass is 518 g/mol. The average molecular weight is 519 g/mol. The Labute approximate surface area is 223 Å². The maximum absolute atomic E-state index is 12.3. The Kier molecular flexibility index (Phi) is 13.1. The second kappa shape index (κ2) is 16.6. The number of nitrogens with one attached hydrogen (secondary N) is 4. The quantitative estimate of drug-likeness (QED) is 0.110. The van der Waals surface area contributed by atoms with Crippen LogP contribution in [0.3, 0.4) is 0 Å². The molecule has 0 saturated heterocycles. The van der Waals surface area contributed by atoms with Crippen LogP contribution in [0, 0.1) is 23.7 Å². The summed E-state index contributed by atoms with van der Waals surface area (Å²) < 4.78 is 0. The summed E-state index contributed by atoms with van der Waals surface area (Å²) >= 11 is 0. The Morgan fingerprint density at radius 2 is 1.50 bits per heavy atom. The lowest BCUT2D eigenvalue weighted by Crippen LogP contribution is -2.51. The fourth-order valence-electron chi connectivity index (χ4n) is 3.33. The average Bonchev–Trinajstić information content (AvgIpc) is 2.92. The van der Waals surface area contributed by atoms with Gasteiger partial charge in [-0.05, 0) is 80.3 Å². The van der Waals surface area contributed by atoms with E-state index in [0.29, 0.717) is 11.3 Å². The molecule has 0 aliphatic heterocycles. The van der Waals surface area contributed by atoms with Gasteiger partial charge in [-0.3, -0.25) is 19.6 Å². The number of benzene rings is 2. The lowest BCUT2D eigenvalue weighted by Gasteiger charge is -2.19. The van der Waals surface area contributed by atoms with E-state index in [1.54, 1.807) is 36.4 Å². The predicted molar refractivity (Wildman–Crippen MR) is 145 cm³/mol. The number of unbranched alkanes of at least 4 members (excludes halogenated alkanes) is 3. The molecule has 0 spiro atoms. The Morgan fingerprint density at radius 1 is 0.895 bits per heavy atom. The van der Waals surface area contributed by atoms with Crippen molar-refractivity contribution in [3.05, 3.63) is 65.2 Å². The summed E-state index contributed by atoms with van der Waals surface area (Å²) in [4.78, 5) is 35.9. The molecule has 0 bridgehead atoms. The molecule has 0 heterocycles. The Balaban J connectivity index is 1.84. The molecule has 2 rings (SSSR count). The number of hydrogen-bond donors (Lipinski definition) is 6. The lowest BCUT2D eigenvalue weighted by molar-refractivity contribution is -0.133. The third-order valence-electron chi connectivity index (χ3n) is 5.45. The first-order chi connectivity index (χ1) is 18.3. The fourth-order valence-corrected chi connectivity index (χ4v) is 3.33. The molecule has 0 aromatic heterocycles. The van der Waals surface area contributed by atoms with Gasteiger partial charge in [0.1, 0.15) is 6.04 Å². The maximum Gasteiger partial charge on any atom is 0.268 e. The summed E-state index contributed by atoms with van der Waals surface area (Å²) in [7, 11) is 0. The molecule has 0 fully saturated rings. The van der Waals surface area contributed by atoms with Gasteiger partial charge in [-0.2, -0.15) is 0 Å². The molecule has 2 aromatic carbocycles. The van der Waals surface area contributed by atoms with Crippen molar-refractivity contribution in [2.45, 2.75) is 51.7 Å². The van der Waals surface area contributed by atoms with Crippen LogP contribution in [0.2, 0.25) is 0 Å². The molecule has 0 aliphatic carbocycles. The number of hydrogen-bond acceptors (Lipinski definition) is 6. The second-order valence-corrected chi connectivity index (χ2v) is 8.61. The van der Waals surface area contributed by atoms with Crippen LogP contribution in [0.25, 0.3) is 0 Å². The van der Waals surface area contributed by atoms with Crippen molar-refractivity contribution in [1.82, 2.24) is 16.1 Å². The van der Waals surface area contributed by atoms with Crippen LogP contribution in [-0.2, 0) is 9.59 Å². The number of aliphatic hydroxyl groups excluding tert-OH is 1. The third-order valence-corrected chi connectivity index (χ3v) is 5.45. The van der Waals surface area contributed by atoms with Gasteiger partial charge in [-0.1, -0.05) is 38.0 Å². The van der Waals surface area contributed by atoms with E-state index in [4.69, 9.17) is 5.21 Å². The van der Waals surface area contributed by atoms with Gasteiger partial charge in [-0.25, -0.2) is 5.48 Å². The molecule has 0 radical (unpaired) electrons. The molecule has 200 valence electrons. The minimum atomic E-state index is -1.30. The van der Waals surface area contributed by atoms with Crippen LogP contribution < -0.4 is 21.4 Å². The van der Waals surface area contributed by atoms with Crippen LogP contribution in [-0.4, -0.2) is 53.3 Å². The molecule has 6 N–H and O–H groups in total. The number of carbonyl (C=O) groups is 3. The van der Waals surface area contributed by atoms with Gasteiger partial charge in [-0.15, -0.1) is 0 Å². The minimum absolute atomic E-state index is 0.0906. The summed E-state index contributed by atoms with van der Waals surface area (Å²) in [5, 5.41) is 26.7. The van der Waals surface area contributed by atoms with Gasteiger partial charge in [0.2, 0.25) is 5.91 Å². The molecule has 3 amide bonds. The standard InChI is InChI=1S/C29H34N4O5/c1-3-4-5-8-19-30-20-26(35)31-25-17-13-23(14-18-25)10-7-6-9-22-11-15-24(16-12-22)28(36)32-27(21(2)34)29(37)33-38/h11-18,21,27,30,34,38H,3-5,8,19-20H2,1-2H3,(H,31,35)(H,32,36)(H,33,37)/t21-,27+/m1/s1. The van der Waals surface area contributed by atoms with Crippen molar-refractivity contribution in [1.29, 1.82) is 0 Å². The van der Waals surface area contributed by atoms with E-state index in [2.05, 4.69) is 46.6 Å². The van der Waals surface area contributed by atoms with E-state index < -0.39 is 24.0 Å². The Morgan fingerprint density at radius 3 is 2.05 bits per heavy atom. The van der Waals surface area contributed by atoms with Crippen molar-refractivity contribution in [2.24, 2.45) is 0 Å². The zero-order chi connectivity index (χ0) is 27.8. The molecule has 9 heteroatoms. The van der Waals surface area contributed by atoms with Gasteiger partial charge >= 0.3 is 0 Å². The molecular weight excluding hydrogens is 484 g/mol. The summed E-state index contributed by atoms with van der Waals surface area (Å²) in [6, 6.07) is 12.2. The molecule has 38 heavy (non-hydrogen) atoms. The molecular formula is C29H34N4O5. The van der Waals surface area contributed by atoms with Crippen molar-refractivity contribution in [2.75, 3.05) is 18.4 Å². The maximum atomic E-state index is 12.3. The van der Waals surface area contributed by atoms with Gasteiger partial charge in [0, 0.05) is 22.4 Å². The molecule has 0 unspecified atom stereocenters. The van der Waals surface area contributed by atoms with Crippen LogP contribution in [0.5, 0.6) is 0 Å². The molecule has 2 aromatic rings. The number of aliphatic hydroxyl groups is 1. The molecule has 2 atom stereocenters. The van der Waals surface area contributed by atoms with Gasteiger partial charge in [0.25, 0.3) is 11.8 Å². The van der Waals surface area contributed by atoms with Gasteiger partial charge < -0.3 is 21.1 Å². The minimum Gasteiger partial charge on any atom is -0.391 e. The number of hydroxylamine groups is 1. The summed E-state index contributed by atoms with van der Waals surface area (Å²) in [6.45, 7) is 4.60. The third kappa shape index (κ3) is 10.9. The van der Waals surface area contributed by atoms with E-state index in [9.17, 15) is 19.5 Å². The zero-order valence-electron chi connectivity index (χ0n) is 21.6. The van der Waals surface area contributed by atoms with Gasteiger partial charge in [0.15, 0.2) is 0 Å². The van der Waals surface area contributed by atoms with E-state index in [1.807, 2.05) is 0 Å². The Bertz CT molecular complexity index is 1190.